The molecule has 0 aromatic heterocycles. The third-order valence-corrected chi connectivity index (χ3v) is 3.69. The number of anilines is 1. The lowest BCUT2D eigenvalue weighted by Gasteiger charge is -2.36. The average molecular weight is 277 g/mol. The number of benzene rings is 1. The zero-order valence-electron chi connectivity index (χ0n) is 12.5. The molecule has 0 aliphatic carbocycles. The first kappa shape index (κ1) is 14.7. The number of methoxy groups -OCH3 is 1. The molecule has 0 saturated carbocycles. The molecular formula is C15H23N3O2. The molecule has 0 spiro atoms. The lowest BCUT2D eigenvalue weighted by Crippen LogP contribution is -2.48. The third kappa shape index (κ3) is 3.22. The van der Waals surface area contributed by atoms with E-state index in [-0.39, 0.29) is 5.91 Å². The number of carbonyl (C=O) groups excluding carboxylic acids is 1. The Balaban J connectivity index is 2.11. The van der Waals surface area contributed by atoms with Crippen LogP contribution in [0.4, 0.5) is 5.69 Å². The summed E-state index contributed by atoms with van der Waals surface area (Å²) in [6, 6.07) is 6.30. The van der Waals surface area contributed by atoms with Gasteiger partial charge in [-0.3, -0.25) is 4.79 Å². The second-order valence-corrected chi connectivity index (χ2v) is 5.03. The van der Waals surface area contributed by atoms with Crippen molar-refractivity contribution in [3.63, 3.8) is 0 Å². The van der Waals surface area contributed by atoms with Gasteiger partial charge in [-0.05, 0) is 24.7 Å². The molecule has 0 unspecified atom stereocenters. The summed E-state index contributed by atoms with van der Waals surface area (Å²) >= 11 is 0. The zero-order chi connectivity index (χ0) is 14.5. The number of ether oxygens (including phenoxy) is 1. The van der Waals surface area contributed by atoms with Crippen molar-refractivity contribution in [1.29, 1.82) is 0 Å². The van der Waals surface area contributed by atoms with Crippen LogP contribution in [-0.4, -0.2) is 51.1 Å². The zero-order valence-corrected chi connectivity index (χ0v) is 12.5. The van der Waals surface area contributed by atoms with Gasteiger partial charge >= 0.3 is 0 Å². The minimum Gasteiger partial charge on any atom is -0.495 e. The lowest BCUT2D eigenvalue weighted by molar-refractivity contribution is -0.129. The van der Waals surface area contributed by atoms with Crippen LogP contribution in [-0.2, 0) is 11.3 Å². The van der Waals surface area contributed by atoms with Crippen LogP contribution in [0.5, 0.6) is 5.75 Å². The average Bonchev–Trinajstić information content (AvgIpc) is 2.47. The van der Waals surface area contributed by atoms with Gasteiger partial charge in [0.1, 0.15) is 5.75 Å². The summed E-state index contributed by atoms with van der Waals surface area (Å²) in [5.41, 5.74) is 2.31. The van der Waals surface area contributed by atoms with Crippen LogP contribution in [0.15, 0.2) is 18.2 Å². The first-order valence-electron chi connectivity index (χ1n) is 6.97. The summed E-state index contributed by atoms with van der Waals surface area (Å²) in [5, 5.41) is 3.14. The summed E-state index contributed by atoms with van der Waals surface area (Å²) in [6.07, 6.45) is 0. The maximum atomic E-state index is 11.4. The highest BCUT2D eigenvalue weighted by atomic mass is 16.5. The molecule has 5 heteroatoms. The molecule has 1 heterocycles. The van der Waals surface area contributed by atoms with Gasteiger partial charge in [0.15, 0.2) is 0 Å². The Kier molecular flexibility index (Phi) is 4.84. The number of nitrogens with zero attached hydrogens (tertiary/aromatic N) is 2. The number of piperazine rings is 1. The van der Waals surface area contributed by atoms with Gasteiger partial charge in [-0.2, -0.15) is 0 Å². The van der Waals surface area contributed by atoms with E-state index in [1.807, 2.05) is 11.9 Å². The predicted molar refractivity (Wildman–Crippen MR) is 80.2 cm³/mol. The standard InChI is InChI=1S/C15H23N3O2/c1-12(19)17-6-8-18(9-7-17)14-5-4-13(11-16-2)10-15(14)20-3/h4-5,10,16H,6-9,11H2,1-3H3. The van der Waals surface area contributed by atoms with Crippen molar-refractivity contribution in [2.24, 2.45) is 0 Å². The number of rotatable bonds is 4. The molecule has 1 aromatic rings. The Morgan fingerprint density at radius 1 is 1.30 bits per heavy atom. The minimum absolute atomic E-state index is 0.154. The fourth-order valence-electron chi connectivity index (χ4n) is 2.56. The monoisotopic (exact) mass is 277 g/mol. The van der Waals surface area contributed by atoms with E-state index < -0.39 is 0 Å². The Hall–Kier alpha value is -1.75. The largest absolute Gasteiger partial charge is 0.495 e. The third-order valence-electron chi connectivity index (χ3n) is 3.69. The molecule has 1 aliphatic rings. The van der Waals surface area contributed by atoms with E-state index in [1.165, 1.54) is 5.56 Å². The fourth-order valence-corrected chi connectivity index (χ4v) is 2.56. The molecule has 0 radical (unpaired) electrons. The van der Waals surface area contributed by atoms with Crippen LogP contribution in [0, 0.1) is 0 Å². The SMILES string of the molecule is CNCc1ccc(N2CCN(C(C)=O)CC2)c(OC)c1. The van der Waals surface area contributed by atoms with E-state index in [0.717, 1.165) is 44.2 Å². The quantitative estimate of drug-likeness (QED) is 0.894. The molecule has 0 bridgehead atoms. The van der Waals surface area contributed by atoms with Crippen molar-refractivity contribution in [3.05, 3.63) is 23.8 Å². The fraction of sp³-hybridized carbons (Fsp3) is 0.533. The molecule has 1 saturated heterocycles. The van der Waals surface area contributed by atoms with Crippen LogP contribution in [0.1, 0.15) is 12.5 Å². The van der Waals surface area contributed by atoms with Gasteiger partial charge in [0.05, 0.1) is 12.8 Å². The Morgan fingerprint density at radius 2 is 2.00 bits per heavy atom. The van der Waals surface area contributed by atoms with Gasteiger partial charge in [0.2, 0.25) is 5.91 Å². The highest BCUT2D eigenvalue weighted by Gasteiger charge is 2.21. The molecule has 1 aromatic carbocycles. The molecule has 0 atom stereocenters. The summed E-state index contributed by atoms with van der Waals surface area (Å²) in [5.74, 6) is 1.05. The lowest BCUT2D eigenvalue weighted by atomic mass is 10.1. The first-order chi connectivity index (χ1) is 9.65. The van der Waals surface area contributed by atoms with Crippen LogP contribution >= 0.6 is 0 Å². The van der Waals surface area contributed by atoms with Crippen molar-refractivity contribution in [3.8, 4) is 5.75 Å². The Bertz CT molecular complexity index is 468. The molecule has 1 aliphatic heterocycles. The summed E-state index contributed by atoms with van der Waals surface area (Å²) < 4.78 is 5.51. The van der Waals surface area contributed by atoms with E-state index in [2.05, 4.69) is 28.4 Å². The Morgan fingerprint density at radius 3 is 2.55 bits per heavy atom. The van der Waals surface area contributed by atoms with Crippen molar-refractivity contribution in [1.82, 2.24) is 10.2 Å². The second kappa shape index (κ2) is 6.61. The van der Waals surface area contributed by atoms with E-state index in [9.17, 15) is 4.79 Å². The molecule has 2 rings (SSSR count). The van der Waals surface area contributed by atoms with Gasteiger partial charge in [0, 0.05) is 39.6 Å². The van der Waals surface area contributed by atoms with Gasteiger partial charge < -0.3 is 19.9 Å². The van der Waals surface area contributed by atoms with E-state index in [0.29, 0.717) is 0 Å². The van der Waals surface area contributed by atoms with Crippen LogP contribution in [0.3, 0.4) is 0 Å². The van der Waals surface area contributed by atoms with Crippen molar-refractivity contribution in [2.75, 3.05) is 45.2 Å². The number of hydrogen-bond acceptors (Lipinski definition) is 4. The molecular weight excluding hydrogens is 254 g/mol. The summed E-state index contributed by atoms with van der Waals surface area (Å²) in [4.78, 5) is 15.5. The molecule has 1 N–H and O–H groups in total. The normalized spacial score (nSPS) is 15.3. The maximum Gasteiger partial charge on any atom is 0.219 e. The highest BCUT2D eigenvalue weighted by molar-refractivity contribution is 5.73. The second-order valence-electron chi connectivity index (χ2n) is 5.03. The summed E-state index contributed by atoms with van der Waals surface area (Å²) in [7, 11) is 3.63. The van der Waals surface area contributed by atoms with E-state index in [1.54, 1.807) is 14.0 Å². The summed E-state index contributed by atoms with van der Waals surface area (Å²) in [6.45, 7) is 5.70. The van der Waals surface area contributed by atoms with Gasteiger partial charge in [-0.1, -0.05) is 6.07 Å². The van der Waals surface area contributed by atoms with Crippen molar-refractivity contribution < 1.29 is 9.53 Å². The van der Waals surface area contributed by atoms with Crippen molar-refractivity contribution in [2.45, 2.75) is 13.5 Å². The first-order valence-corrected chi connectivity index (χ1v) is 6.97. The number of nitrogens with one attached hydrogen (secondary N) is 1. The molecule has 1 amide bonds. The number of hydrogen-bond donors (Lipinski definition) is 1. The molecule has 20 heavy (non-hydrogen) atoms. The maximum absolute atomic E-state index is 11.4. The van der Waals surface area contributed by atoms with E-state index in [4.69, 9.17) is 4.74 Å². The van der Waals surface area contributed by atoms with Crippen LogP contribution in [0.2, 0.25) is 0 Å². The van der Waals surface area contributed by atoms with Gasteiger partial charge in [-0.25, -0.2) is 0 Å². The van der Waals surface area contributed by atoms with Gasteiger partial charge in [0.25, 0.3) is 0 Å². The molecule has 110 valence electrons. The molecule has 1 fully saturated rings. The minimum atomic E-state index is 0.154. The number of amides is 1. The smallest absolute Gasteiger partial charge is 0.219 e. The molecule has 5 nitrogen and oxygen atoms in total. The number of carbonyl (C=O) groups is 1. The highest BCUT2D eigenvalue weighted by Crippen LogP contribution is 2.30. The van der Waals surface area contributed by atoms with Gasteiger partial charge in [-0.15, -0.1) is 0 Å². The van der Waals surface area contributed by atoms with Crippen LogP contribution < -0.4 is 15.0 Å². The van der Waals surface area contributed by atoms with E-state index >= 15 is 0 Å². The Labute approximate surface area is 120 Å². The topological polar surface area (TPSA) is 44.8 Å². The van der Waals surface area contributed by atoms with Crippen molar-refractivity contribution >= 4 is 11.6 Å². The predicted octanol–water partition coefficient (Wildman–Crippen LogP) is 1.08. The van der Waals surface area contributed by atoms with Crippen LogP contribution in [0.25, 0.3) is 0 Å².